The van der Waals surface area contributed by atoms with Crippen molar-refractivity contribution in [2.24, 2.45) is 11.5 Å². The lowest BCUT2D eigenvalue weighted by Crippen LogP contribution is -2.16. The molecule has 114 valence electrons. The van der Waals surface area contributed by atoms with Gasteiger partial charge in [0.1, 0.15) is 0 Å². The molecule has 0 spiro atoms. The van der Waals surface area contributed by atoms with E-state index in [-0.39, 0.29) is 10.5 Å². The predicted molar refractivity (Wildman–Crippen MR) is 82.0 cm³/mol. The quantitative estimate of drug-likeness (QED) is 0.872. The molecule has 0 saturated carbocycles. The van der Waals surface area contributed by atoms with Crippen molar-refractivity contribution in [3.63, 3.8) is 0 Å². The summed E-state index contributed by atoms with van der Waals surface area (Å²) in [4.78, 5) is 22.4. The minimum atomic E-state index is -3.68. The van der Waals surface area contributed by atoms with Gasteiger partial charge in [0.15, 0.2) is 9.84 Å². The molecule has 22 heavy (non-hydrogen) atoms. The molecule has 0 aromatic heterocycles. The molecular formula is C15H14N2O4S. The third-order valence-electron chi connectivity index (χ3n) is 3.13. The van der Waals surface area contributed by atoms with E-state index in [2.05, 4.69) is 0 Å². The zero-order valence-corrected chi connectivity index (χ0v) is 12.6. The van der Waals surface area contributed by atoms with E-state index in [0.29, 0.717) is 16.7 Å². The van der Waals surface area contributed by atoms with Crippen LogP contribution in [0.1, 0.15) is 20.7 Å². The van der Waals surface area contributed by atoms with Crippen LogP contribution in [0.5, 0.6) is 0 Å². The average Bonchev–Trinajstić information content (AvgIpc) is 2.45. The first-order valence-electron chi connectivity index (χ1n) is 6.25. The molecule has 6 nitrogen and oxygen atoms in total. The molecule has 0 aliphatic heterocycles. The van der Waals surface area contributed by atoms with Crippen molar-refractivity contribution in [3.05, 3.63) is 53.6 Å². The van der Waals surface area contributed by atoms with Crippen LogP contribution in [0.4, 0.5) is 0 Å². The number of carbonyl (C=O) groups is 2. The van der Waals surface area contributed by atoms with Crippen molar-refractivity contribution < 1.29 is 18.0 Å². The Morgan fingerprint density at radius 1 is 0.909 bits per heavy atom. The molecule has 0 saturated heterocycles. The van der Waals surface area contributed by atoms with E-state index in [9.17, 15) is 18.0 Å². The zero-order chi connectivity index (χ0) is 16.5. The van der Waals surface area contributed by atoms with Crippen molar-refractivity contribution in [2.75, 3.05) is 6.26 Å². The van der Waals surface area contributed by atoms with Crippen LogP contribution in [0.2, 0.25) is 0 Å². The van der Waals surface area contributed by atoms with E-state index in [1.54, 1.807) is 24.3 Å². The van der Waals surface area contributed by atoms with Gasteiger partial charge in [0.2, 0.25) is 11.8 Å². The van der Waals surface area contributed by atoms with Gasteiger partial charge < -0.3 is 11.5 Å². The van der Waals surface area contributed by atoms with Gasteiger partial charge in [0.25, 0.3) is 0 Å². The van der Waals surface area contributed by atoms with E-state index in [4.69, 9.17) is 11.5 Å². The lowest BCUT2D eigenvalue weighted by molar-refractivity contribution is 0.0990. The highest BCUT2D eigenvalue weighted by Gasteiger charge is 2.22. The summed E-state index contributed by atoms with van der Waals surface area (Å²) in [6.45, 7) is 0. The van der Waals surface area contributed by atoms with Crippen LogP contribution in [0, 0.1) is 0 Å². The van der Waals surface area contributed by atoms with Crippen LogP contribution < -0.4 is 11.5 Å². The highest BCUT2D eigenvalue weighted by molar-refractivity contribution is 7.91. The zero-order valence-electron chi connectivity index (χ0n) is 11.7. The van der Waals surface area contributed by atoms with Crippen molar-refractivity contribution in [1.82, 2.24) is 0 Å². The highest BCUT2D eigenvalue weighted by Crippen LogP contribution is 2.30. The average molecular weight is 318 g/mol. The van der Waals surface area contributed by atoms with Gasteiger partial charge in [-0.05, 0) is 23.8 Å². The second-order valence-electron chi connectivity index (χ2n) is 4.76. The van der Waals surface area contributed by atoms with Crippen LogP contribution in [0.15, 0.2) is 47.4 Å². The summed E-state index contributed by atoms with van der Waals surface area (Å²) < 4.78 is 24.1. The number of primary amides is 2. The van der Waals surface area contributed by atoms with Gasteiger partial charge in [0, 0.05) is 17.4 Å². The summed E-state index contributed by atoms with van der Waals surface area (Å²) in [7, 11) is -3.68. The lowest BCUT2D eigenvalue weighted by Gasteiger charge is -2.12. The van der Waals surface area contributed by atoms with E-state index in [0.717, 1.165) is 6.26 Å². The molecule has 0 atom stereocenters. The van der Waals surface area contributed by atoms with Crippen LogP contribution in [0.3, 0.4) is 0 Å². The Hall–Kier alpha value is -2.67. The maximum Gasteiger partial charge on any atom is 0.250 e. The van der Waals surface area contributed by atoms with Gasteiger partial charge >= 0.3 is 0 Å². The van der Waals surface area contributed by atoms with E-state index in [1.165, 1.54) is 18.2 Å². The lowest BCUT2D eigenvalue weighted by atomic mass is 10.0. The molecule has 0 heterocycles. The monoisotopic (exact) mass is 318 g/mol. The topological polar surface area (TPSA) is 120 Å². The molecule has 0 aliphatic carbocycles. The van der Waals surface area contributed by atoms with Crippen molar-refractivity contribution in [3.8, 4) is 11.1 Å². The number of hydrogen-bond acceptors (Lipinski definition) is 4. The first kappa shape index (κ1) is 15.7. The molecule has 7 heteroatoms. The Morgan fingerprint density at radius 2 is 1.50 bits per heavy atom. The van der Waals surface area contributed by atoms with Gasteiger partial charge in [-0.1, -0.05) is 24.3 Å². The maximum absolute atomic E-state index is 12.0. The standard InChI is InChI=1S/C15H14N2O4S/c1-22(20,21)13-11(3-2-4-12(13)15(17)19)9-5-7-10(8-6-9)14(16)18/h2-8H,1H3,(H2,16,18)(H2,17,19). The Morgan fingerprint density at radius 3 is 1.95 bits per heavy atom. The molecule has 2 rings (SSSR count). The number of rotatable bonds is 4. The minimum absolute atomic E-state index is 0.0704. The van der Waals surface area contributed by atoms with E-state index >= 15 is 0 Å². The number of hydrogen-bond donors (Lipinski definition) is 2. The molecular weight excluding hydrogens is 304 g/mol. The first-order valence-corrected chi connectivity index (χ1v) is 8.14. The second kappa shape index (κ2) is 5.61. The molecule has 2 aromatic carbocycles. The van der Waals surface area contributed by atoms with Gasteiger partial charge in [0.05, 0.1) is 10.5 Å². The second-order valence-corrected chi connectivity index (χ2v) is 6.71. The molecule has 0 fully saturated rings. The van der Waals surface area contributed by atoms with Crippen LogP contribution in [-0.2, 0) is 9.84 Å². The SMILES string of the molecule is CS(=O)(=O)c1c(C(N)=O)cccc1-c1ccc(C(N)=O)cc1. The fourth-order valence-electron chi connectivity index (χ4n) is 2.17. The smallest absolute Gasteiger partial charge is 0.250 e. The molecule has 0 aliphatic rings. The van der Waals surface area contributed by atoms with Crippen LogP contribution in [0.25, 0.3) is 11.1 Å². The molecule has 0 radical (unpaired) electrons. The molecule has 0 bridgehead atoms. The number of sulfone groups is 1. The predicted octanol–water partition coefficient (Wildman–Crippen LogP) is 0.955. The Kier molecular flexibility index (Phi) is 4.01. The minimum Gasteiger partial charge on any atom is -0.366 e. The summed E-state index contributed by atoms with van der Waals surface area (Å²) in [6.07, 6.45) is 1.01. The highest BCUT2D eigenvalue weighted by atomic mass is 32.2. The van der Waals surface area contributed by atoms with E-state index < -0.39 is 21.7 Å². The number of nitrogens with two attached hydrogens (primary N) is 2. The molecule has 4 N–H and O–H groups in total. The Bertz CT molecular complexity index is 856. The third-order valence-corrected chi connectivity index (χ3v) is 4.31. The Balaban J connectivity index is 2.73. The summed E-state index contributed by atoms with van der Waals surface area (Å²) in [6, 6.07) is 10.6. The molecule has 2 amide bonds. The summed E-state index contributed by atoms with van der Waals surface area (Å²) in [5.74, 6) is -1.41. The summed E-state index contributed by atoms with van der Waals surface area (Å²) in [5, 5.41) is 0. The van der Waals surface area contributed by atoms with Gasteiger partial charge in [-0.25, -0.2) is 8.42 Å². The van der Waals surface area contributed by atoms with Crippen molar-refractivity contribution in [2.45, 2.75) is 4.90 Å². The van der Waals surface area contributed by atoms with E-state index in [1.807, 2.05) is 0 Å². The maximum atomic E-state index is 12.0. The molecule has 2 aromatic rings. The van der Waals surface area contributed by atoms with Crippen LogP contribution >= 0.6 is 0 Å². The summed E-state index contributed by atoms with van der Waals surface area (Å²) in [5.41, 5.74) is 11.5. The molecule has 0 unspecified atom stereocenters. The number of amides is 2. The first-order chi connectivity index (χ1) is 10.2. The summed E-state index contributed by atoms with van der Waals surface area (Å²) >= 11 is 0. The third kappa shape index (κ3) is 2.99. The van der Waals surface area contributed by atoms with Gasteiger partial charge in [-0.3, -0.25) is 9.59 Å². The van der Waals surface area contributed by atoms with Gasteiger partial charge in [-0.2, -0.15) is 0 Å². The van der Waals surface area contributed by atoms with Crippen LogP contribution in [-0.4, -0.2) is 26.5 Å². The Labute approximate surface area is 127 Å². The fourth-order valence-corrected chi connectivity index (χ4v) is 3.33. The number of benzene rings is 2. The van der Waals surface area contributed by atoms with Gasteiger partial charge in [-0.15, -0.1) is 0 Å². The fraction of sp³-hybridized carbons (Fsp3) is 0.0667. The van der Waals surface area contributed by atoms with Crippen molar-refractivity contribution >= 4 is 21.7 Å². The largest absolute Gasteiger partial charge is 0.366 e. The normalized spacial score (nSPS) is 11.1. The van der Waals surface area contributed by atoms with Crippen molar-refractivity contribution in [1.29, 1.82) is 0 Å². The number of carbonyl (C=O) groups excluding carboxylic acids is 2.